The van der Waals surface area contributed by atoms with Crippen molar-refractivity contribution in [3.63, 3.8) is 0 Å². The van der Waals surface area contributed by atoms with Crippen LogP contribution in [-0.2, 0) is 53.2 Å². The second-order valence-corrected chi connectivity index (χ2v) is 18.0. The maximum Gasteiger partial charge on any atom is 0.331 e. The van der Waals surface area contributed by atoms with E-state index in [2.05, 4.69) is 22.5 Å². The van der Waals surface area contributed by atoms with E-state index in [1.54, 1.807) is 11.8 Å². The number of sulfone groups is 1. The maximum atomic E-state index is 13.2. The number of thiophene rings is 1. The Hall–Kier alpha value is -3.08. The lowest BCUT2D eigenvalue weighted by Crippen LogP contribution is -2.46. The number of nitrogens with two attached hydrogens (primary N) is 1. The van der Waals surface area contributed by atoms with Gasteiger partial charge in [0.25, 0.3) is 11.8 Å². The summed E-state index contributed by atoms with van der Waals surface area (Å²) in [5, 5.41) is 15.8. The first-order chi connectivity index (χ1) is 23.3. The lowest BCUT2D eigenvalue weighted by Gasteiger charge is -2.35. The highest BCUT2D eigenvalue weighted by atomic mass is 32.3. The van der Waals surface area contributed by atoms with Crippen LogP contribution in [0.15, 0.2) is 31.0 Å². The van der Waals surface area contributed by atoms with Crippen molar-refractivity contribution in [1.82, 2.24) is 15.1 Å². The van der Waals surface area contributed by atoms with Crippen LogP contribution in [0.25, 0.3) is 0 Å². The van der Waals surface area contributed by atoms with Crippen LogP contribution < -0.4 is 10.5 Å². The minimum absolute atomic E-state index is 0.0141. The van der Waals surface area contributed by atoms with Crippen LogP contribution in [0.1, 0.15) is 52.6 Å². The minimum atomic E-state index is -4.21. The third-order valence-corrected chi connectivity index (χ3v) is 13.1. The van der Waals surface area contributed by atoms with E-state index in [0.717, 1.165) is 18.2 Å². The number of thiol groups is 1. The van der Waals surface area contributed by atoms with Crippen LogP contribution in [0, 0.1) is 5.41 Å². The molecule has 0 spiro atoms. The van der Waals surface area contributed by atoms with Gasteiger partial charge in [-0.25, -0.2) is 31.6 Å². The molecular weight excluding hydrogens is 737 g/mol. The minimum Gasteiger partial charge on any atom is -0.471 e. The van der Waals surface area contributed by atoms with E-state index in [-0.39, 0.29) is 57.4 Å². The topological polar surface area (TPSA) is 237 Å². The van der Waals surface area contributed by atoms with Crippen LogP contribution in [0.3, 0.4) is 0 Å². The third kappa shape index (κ3) is 11.2. The number of hydrogen-bond donors (Lipinski definition) is 4. The number of likely N-dealkylation sites (N-methyl/N-ethyl adjacent to an activating group) is 1. The third-order valence-electron chi connectivity index (χ3n) is 7.58. The van der Waals surface area contributed by atoms with Gasteiger partial charge in [0.05, 0.1) is 24.5 Å². The number of amidine groups is 1. The van der Waals surface area contributed by atoms with Gasteiger partial charge in [0, 0.05) is 49.4 Å². The molecule has 50 heavy (non-hydrogen) atoms. The average molecular weight is 781 g/mol. The van der Waals surface area contributed by atoms with Crippen molar-refractivity contribution >= 4 is 73.6 Å². The van der Waals surface area contributed by atoms with Gasteiger partial charge in [0.2, 0.25) is 10.0 Å². The SMILES string of the molecule is CCN(C(=O)COC(=O)/C=C/C(=O)O[C@@H](CNC(C)(C)C)COC(=N)/C(=N\S)N1CCOCC1)[C@H]1C[C@H](C)S(=O)(=O)c2sc(S(N)(=O)=O)cc21. The standard InChI is InChI=1S/C29H44N6O11S4/c1-6-35(21-13-18(2)49(39,40)28-20(21)14-25(48-28)50(31,41)42)22(36)17-44-23(37)7-8-24(38)46-19(15-32-29(3,4)5)16-45-26(30)27(33-47)34-9-11-43-12-10-34/h7-8,14,18-19,21,30,32,47H,6,9-13,15-17H2,1-5H3,(H2,31,41,42)/b8-7+,30-26?,33-27+/t18-,19-,21-/m0/s1. The summed E-state index contributed by atoms with van der Waals surface area (Å²) in [5.74, 6) is -2.68. The molecule has 0 saturated carbocycles. The summed E-state index contributed by atoms with van der Waals surface area (Å²) in [4.78, 5) is 41.4. The Bertz CT molecular complexity index is 1700. The Balaban J connectivity index is 1.61. The van der Waals surface area contributed by atoms with Crippen molar-refractivity contribution in [2.75, 3.05) is 52.6 Å². The second kappa shape index (κ2) is 17.4. The number of carbonyl (C=O) groups is 3. The Morgan fingerprint density at radius 1 is 1.24 bits per heavy atom. The zero-order chi connectivity index (χ0) is 37.4. The number of sulfonamides is 1. The predicted molar refractivity (Wildman–Crippen MR) is 187 cm³/mol. The molecule has 0 radical (unpaired) electrons. The van der Waals surface area contributed by atoms with Gasteiger partial charge >= 0.3 is 11.9 Å². The van der Waals surface area contributed by atoms with Crippen LogP contribution in [0.4, 0.5) is 0 Å². The molecule has 0 aliphatic carbocycles. The molecular formula is C29H44N6O11S4. The number of esters is 2. The monoisotopic (exact) mass is 780 g/mol. The van der Waals surface area contributed by atoms with Crippen LogP contribution in [0.5, 0.6) is 0 Å². The fourth-order valence-electron chi connectivity index (χ4n) is 5.00. The molecule has 4 N–H and O–H groups in total. The van der Waals surface area contributed by atoms with Crippen molar-refractivity contribution in [3.8, 4) is 0 Å². The van der Waals surface area contributed by atoms with Crippen molar-refractivity contribution in [3.05, 3.63) is 23.8 Å². The molecule has 0 unspecified atom stereocenters. The Morgan fingerprint density at radius 3 is 2.46 bits per heavy atom. The number of nitrogens with zero attached hydrogens (tertiary/aromatic N) is 3. The molecule has 3 rings (SSSR count). The summed E-state index contributed by atoms with van der Waals surface area (Å²) < 4.78 is 74.6. The molecule has 17 nitrogen and oxygen atoms in total. The molecule has 2 aliphatic heterocycles. The van der Waals surface area contributed by atoms with Gasteiger partial charge in [0.15, 0.2) is 22.3 Å². The molecule has 1 aromatic rings. The molecule has 21 heteroatoms. The number of fused-ring (bicyclic) bond motifs is 1. The lowest BCUT2D eigenvalue weighted by molar-refractivity contribution is -0.150. The van der Waals surface area contributed by atoms with E-state index < -0.39 is 61.7 Å². The number of primary sulfonamides is 1. The molecule has 280 valence electrons. The van der Waals surface area contributed by atoms with Crippen LogP contribution in [0.2, 0.25) is 0 Å². The normalized spacial score (nSPS) is 20.1. The number of ether oxygens (including phenoxy) is 4. The Kier molecular flexibility index (Phi) is 14.4. The van der Waals surface area contributed by atoms with Gasteiger partial charge in [-0.2, -0.15) is 4.40 Å². The first-order valence-electron chi connectivity index (χ1n) is 15.5. The molecule has 3 atom stereocenters. The largest absolute Gasteiger partial charge is 0.471 e. The van der Waals surface area contributed by atoms with Gasteiger partial charge in [-0.15, -0.1) is 11.3 Å². The maximum absolute atomic E-state index is 13.2. The van der Waals surface area contributed by atoms with Crippen LogP contribution >= 0.6 is 24.2 Å². The molecule has 1 aromatic heterocycles. The molecule has 3 heterocycles. The lowest BCUT2D eigenvalue weighted by atomic mass is 10.0. The summed E-state index contributed by atoms with van der Waals surface area (Å²) in [6.45, 7) is 10.0. The van der Waals surface area contributed by atoms with E-state index in [1.807, 2.05) is 20.8 Å². The van der Waals surface area contributed by atoms with Gasteiger partial charge in [-0.3, -0.25) is 10.2 Å². The number of morpholine rings is 1. The van der Waals surface area contributed by atoms with E-state index >= 15 is 0 Å². The number of nitrogens with one attached hydrogen (secondary N) is 2. The average Bonchev–Trinajstić information content (AvgIpc) is 3.52. The smallest absolute Gasteiger partial charge is 0.331 e. The fourth-order valence-corrected chi connectivity index (χ4v) is 9.62. The van der Waals surface area contributed by atoms with Gasteiger partial charge < -0.3 is 34.1 Å². The van der Waals surface area contributed by atoms with Crippen molar-refractivity contribution in [2.45, 2.75) is 72.4 Å². The highest BCUT2D eigenvalue weighted by Crippen LogP contribution is 2.45. The van der Waals surface area contributed by atoms with Crippen molar-refractivity contribution < 1.29 is 50.2 Å². The number of hydrogen-bond acceptors (Lipinski definition) is 16. The van der Waals surface area contributed by atoms with Gasteiger partial charge in [-0.1, -0.05) is 0 Å². The summed E-state index contributed by atoms with van der Waals surface area (Å²) >= 11 is 4.49. The summed E-state index contributed by atoms with van der Waals surface area (Å²) in [5.41, 5.74) is -0.215. The van der Waals surface area contributed by atoms with E-state index in [4.69, 9.17) is 29.5 Å². The molecule has 1 saturated heterocycles. The van der Waals surface area contributed by atoms with Gasteiger partial charge in [0.1, 0.15) is 21.1 Å². The van der Waals surface area contributed by atoms with E-state index in [9.17, 15) is 31.2 Å². The summed E-state index contributed by atoms with van der Waals surface area (Å²) in [6, 6.07) is 0.345. The highest BCUT2D eigenvalue weighted by Gasteiger charge is 2.42. The molecule has 0 aromatic carbocycles. The first-order valence-corrected chi connectivity index (χ1v) is 19.9. The highest BCUT2D eigenvalue weighted by molar-refractivity contribution is 7.95. The zero-order valence-corrected chi connectivity index (χ0v) is 31.8. The zero-order valence-electron chi connectivity index (χ0n) is 28.4. The number of amides is 1. The number of rotatable bonds is 12. The summed E-state index contributed by atoms with van der Waals surface area (Å²) in [7, 11) is -8.06. The predicted octanol–water partition coefficient (Wildman–Crippen LogP) is 0.820. The Labute approximate surface area is 301 Å². The molecule has 1 fully saturated rings. The Morgan fingerprint density at radius 2 is 1.88 bits per heavy atom. The molecule has 2 aliphatic rings. The quantitative estimate of drug-likeness (QED) is 0.0757. The molecule has 1 amide bonds. The first kappa shape index (κ1) is 41.3. The molecule has 0 bridgehead atoms. The number of carbonyl (C=O) groups excluding carboxylic acids is 3. The van der Waals surface area contributed by atoms with Crippen molar-refractivity contribution in [2.24, 2.45) is 9.54 Å². The van der Waals surface area contributed by atoms with Crippen molar-refractivity contribution in [1.29, 1.82) is 5.41 Å². The fraction of sp³-hybridized carbons (Fsp3) is 0.621. The van der Waals surface area contributed by atoms with E-state index in [0.29, 0.717) is 37.6 Å². The second-order valence-electron chi connectivity index (χ2n) is 12.4. The van der Waals surface area contributed by atoms with Crippen LogP contribution in [-0.4, -0.2) is 126 Å². The summed E-state index contributed by atoms with van der Waals surface area (Å²) in [6.07, 6.45) is 0.720. The van der Waals surface area contributed by atoms with E-state index in [1.165, 1.54) is 11.8 Å². The van der Waals surface area contributed by atoms with Gasteiger partial charge in [-0.05, 0) is 59.9 Å².